The van der Waals surface area contributed by atoms with Crippen molar-refractivity contribution in [3.05, 3.63) is 84.4 Å². The van der Waals surface area contributed by atoms with Gasteiger partial charge in [0.1, 0.15) is 11.5 Å². The molecular formula is C26H25N5O3S. The van der Waals surface area contributed by atoms with Crippen molar-refractivity contribution in [2.75, 3.05) is 20.0 Å². The third kappa shape index (κ3) is 5.88. The standard InChI is InChI=1S/C26H25N5O3S/c1-18(19-9-13-22(33-2)14-10-19)27-28-24(32)17-35-26-30-29-25(20-7-5-4-6-8-20)31(26)21-11-15-23(34-3)16-12-21/h4-16H,17H2,1-3H3,(H,28,32). The number of nitrogens with zero attached hydrogens (tertiary/aromatic N) is 4. The lowest BCUT2D eigenvalue weighted by molar-refractivity contribution is -0.118. The van der Waals surface area contributed by atoms with Gasteiger partial charge in [0.15, 0.2) is 11.0 Å². The van der Waals surface area contributed by atoms with Crippen LogP contribution in [0.1, 0.15) is 12.5 Å². The van der Waals surface area contributed by atoms with Crippen LogP contribution in [0.15, 0.2) is 89.1 Å². The number of methoxy groups -OCH3 is 2. The van der Waals surface area contributed by atoms with Crippen LogP contribution in [0, 0.1) is 0 Å². The zero-order chi connectivity index (χ0) is 24.6. The van der Waals surface area contributed by atoms with Gasteiger partial charge < -0.3 is 9.47 Å². The number of ether oxygens (including phenoxy) is 2. The molecule has 1 N–H and O–H groups in total. The van der Waals surface area contributed by atoms with Crippen LogP contribution in [0.2, 0.25) is 0 Å². The number of aromatic nitrogens is 3. The van der Waals surface area contributed by atoms with Crippen LogP contribution >= 0.6 is 11.8 Å². The highest BCUT2D eigenvalue weighted by atomic mass is 32.2. The molecule has 35 heavy (non-hydrogen) atoms. The number of benzene rings is 3. The molecule has 4 aromatic rings. The van der Waals surface area contributed by atoms with Crippen LogP contribution < -0.4 is 14.9 Å². The Bertz CT molecular complexity index is 1300. The third-order valence-corrected chi connectivity index (χ3v) is 6.11. The van der Waals surface area contributed by atoms with Crippen molar-refractivity contribution in [3.63, 3.8) is 0 Å². The van der Waals surface area contributed by atoms with E-state index in [-0.39, 0.29) is 11.7 Å². The summed E-state index contributed by atoms with van der Waals surface area (Å²) in [5, 5.41) is 13.6. The molecule has 1 heterocycles. The van der Waals surface area contributed by atoms with E-state index in [1.807, 2.05) is 90.4 Å². The van der Waals surface area contributed by atoms with Gasteiger partial charge in [-0.05, 0) is 61.0 Å². The second kappa shape index (κ2) is 11.3. The average molecular weight is 488 g/mol. The molecular weight excluding hydrogens is 462 g/mol. The number of hydrogen-bond acceptors (Lipinski definition) is 7. The molecule has 1 aromatic heterocycles. The summed E-state index contributed by atoms with van der Waals surface area (Å²) in [4.78, 5) is 12.5. The van der Waals surface area contributed by atoms with Crippen molar-refractivity contribution in [3.8, 4) is 28.6 Å². The molecule has 8 nitrogen and oxygen atoms in total. The largest absolute Gasteiger partial charge is 0.497 e. The first-order valence-corrected chi connectivity index (χ1v) is 11.8. The molecule has 1 amide bonds. The average Bonchev–Trinajstić information content (AvgIpc) is 3.35. The Hall–Kier alpha value is -4.11. The van der Waals surface area contributed by atoms with E-state index in [4.69, 9.17) is 9.47 Å². The predicted molar refractivity (Wildman–Crippen MR) is 137 cm³/mol. The summed E-state index contributed by atoms with van der Waals surface area (Å²) in [7, 11) is 3.24. The van der Waals surface area contributed by atoms with Crippen LogP contribution in [0.4, 0.5) is 0 Å². The van der Waals surface area contributed by atoms with Gasteiger partial charge in [0.05, 0.1) is 25.7 Å². The van der Waals surface area contributed by atoms with Gasteiger partial charge in [-0.15, -0.1) is 10.2 Å². The summed E-state index contributed by atoms with van der Waals surface area (Å²) in [6.45, 7) is 1.83. The van der Waals surface area contributed by atoms with Crippen LogP contribution in [-0.2, 0) is 4.79 Å². The minimum atomic E-state index is -0.242. The molecule has 0 radical (unpaired) electrons. The van der Waals surface area contributed by atoms with E-state index >= 15 is 0 Å². The molecule has 0 atom stereocenters. The van der Waals surface area contributed by atoms with Crippen molar-refractivity contribution in [1.82, 2.24) is 20.2 Å². The number of hydrazone groups is 1. The molecule has 0 aliphatic rings. The SMILES string of the molecule is COc1ccc(C(C)=NNC(=O)CSc2nnc(-c3ccccc3)n2-c2ccc(OC)cc2)cc1. The van der Waals surface area contributed by atoms with Gasteiger partial charge in [0.2, 0.25) is 0 Å². The Kier molecular flexibility index (Phi) is 7.79. The molecule has 0 bridgehead atoms. The molecule has 9 heteroatoms. The molecule has 0 fully saturated rings. The molecule has 0 unspecified atom stereocenters. The van der Waals surface area contributed by atoms with Gasteiger partial charge in [-0.3, -0.25) is 9.36 Å². The van der Waals surface area contributed by atoms with E-state index in [1.54, 1.807) is 14.2 Å². The highest BCUT2D eigenvalue weighted by molar-refractivity contribution is 7.99. The van der Waals surface area contributed by atoms with Crippen LogP contribution in [0.3, 0.4) is 0 Å². The second-order valence-corrected chi connectivity index (χ2v) is 8.40. The summed E-state index contributed by atoms with van der Waals surface area (Å²) < 4.78 is 12.4. The summed E-state index contributed by atoms with van der Waals surface area (Å²) in [5.41, 5.74) is 5.99. The van der Waals surface area contributed by atoms with Gasteiger partial charge in [-0.25, -0.2) is 5.43 Å². The molecule has 4 rings (SSSR count). The first kappa shape index (κ1) is 24.0. The smallest absolute Gasteiger partial charge is 0.250 e. The Morgan fingerprint density at radius 2 is 1.54 bits per heavy atom. The van der Waals surface area contributed by atoms with Crippen molar-refractivity contribution >= 4 is 23.4 Å². The quantitative estimate of drug-likeness (QED) is 0.211. The van der Waals surface area contributed by atoms with Crippen molar-refractivity contribution in [2.24, 2.45) is 5.10 Å². The van der Waals surface area contributed by atoms with E-state index in [0.29, 0.717) is 16.7 Å². The number of hydrogen-bond donors (Lipinski definition) is 1. The van der Waals surface area contributed by atoms with E-state index in [1.165, 1.54) is 11.8 Å². The van der Waals surface area contributed by atoms with Gasteiger partial charge in [-0.1, -0.05) is 42.1 Å². The summed E-state index contributed by atoms with van der Waals surface area (Å²) in [6.07, 6.45) is 0. The first-order chi connectivity index (χ1) is 17.1. The number of thioether (sulfide) groups is 1. The monoisotopic (exact) mass is 487 g/mol. The number of amides is 1. The van der Waals surface area contributed by atoms with Crippen molar-refractivity contribution in [1.29, 1.82) is 0 Å². The lowest BCUT2D eigenvalue weighted by atomic mass is 10.1. The maximum atomic E-state index is 12.5. The fraction of sp³-hybridized carbons (Fsp3) is 0.154. The normalized spacial score (nSPS) is 11.2. The third-order valence-electron chi connectivity index (χ3n) is 5.18. The van der Waals surface area contributed by atoms with E-state index in [2.05, 4.69) is 20.7 Å². The number of carbonyl (C=O) groups is 1. The van der Waals surface area contributed by atoms with Crippen LogP contribution in [0.25, 0.3) is 17.1 Å². The summed E-state index contributed by atoms with van der Waals surface area (Å²) in [5.74, 6) is 2.09. The highest BCUT2D eigenvalue weighted by Gasteiger charge is 2.17. The Morgan fingerprint density at radius 3 is 2.17 bits per heavy atom. The molecule has 3 aromatic carbocycles. The minimum Gasteiger partial charge on any atom is -0.497 e. The zero-order valence-electron chi connectivity index (χ0n) is 19.6. The Balaban J connectivity index is 1.50. The van der Waals surface area contributed by atoms with Crippen molar-refractivity contribution < 1.29 is 14.3 Å². The molecule has 0 aliphatic carbocycles. The summed E-state index contributed by atoms with van der Waals surface area (Å²) >= 11 is 1.29. The number of carbonyl (C=O) groups excluding carboxylic acids is 1. The fourth-order valence-corrected chi connectivity index (χ4v) is 4.05. The molecule has 0 aliphatic heterocycles. The molecule has 0 saturated carbocycles. The molecule has 0 saturated heterocycles. The highest BCUT2D eigenvalue weighted by Crippen LogP contribution is 2.28. The fourth-order valence-electron chi connectivity index (χ4n) is 3.31. The Labute approximate surface area is 208 Å². The number of rotatable bonds is 9. The van der Waals surface area contributed by atoms with Crippen molar-refractivity contribution in [2.45, 2.75) is 12.1 Å². The van der Waals surface area contributed by atoms with Crippen LogP contribution in [-0.4, -0.2) is 46.4 Å². The maximum Gasteiger partial charge on any atom is 0.250 e. The lowest BCUT2D eigenvalue weighted by Crippen LogP contribution is -2.21. The number of nitrogens with one attached hydrogen (secondary N) is 1. The predicted octanol–water partition coefficient (Wildman–Crippen LogP) is 4.58. The second-order valence-electron chi connectivity index (χ2n) is 7.46. The minimum absolute atomic E-state index is 0.127. The van der Waals surface area contributed by atoms with Gasteiger partial charge in [-0.2, -0.15) is 5.10 Å². The first-order valence-electron chi connectivity index (χ1n) is 10.8. The van der Waals surface area contributed by atoms with Gasteiger partial charge in [0.25, 0.3) is 5.91 Å². The molecule has 178 valence electrons. The topological polar surface area (TPSA) is 90.6 Å². The van der Waals surface area contributed by atoms with E-state index in [9.17, 15) is 4.79 Å². The van der Waals surface area contributed by atoms with E-state index in [0.717, 1.165) is 28.3 Å². The summed E-state index contributed by atoms with van der Waals surface area (Å²) in [6, 6.07) is 24.9. The van der Waals surface area contributed by atoms with Crippen LogP contribution in [0.5, 0.6) is 11.5 Å². The Morgan fingerprint density at radius 1 is 0.914 bits per heavy atom. The van der Waals surface area contributed by atoms with Gasteiger partial charge >= 0.3 is 0 Å². The molecule has 0 spiro atoms. The lowest BCUT2D eigenvalue weighted by Gasteiger charge is -2.11. The van der Waals surface area contributed by atoms with E-state index < -0.39 is 0 Å². The van der Waals surface area contributed by atoms with Gasteiger partial charge in [0, 0.05) is 11.3 Å². The zero-order valence-corrected chi connectivity index (χ0v) is 20.5. The maximum absolute atomic E-state index is 12.5.